The summed E-state index contributed by atoms with van der Waals surface area (Å²) in [4.78, 5) is 23.2. The van der Waals surface area contributed by atoms with Gasteiger partial charge in [-0.05, 0) is 57.9 Å². The quantitative estimate of drug-likeness (QED) is 0.423. The van der Waals surface area contributed by atoms with Crippen LogP contribution in [0.1, 0.15) is 50.2 Å². The molecule has 3 rings (SSSR count). The fourth-order valence-corrected chi connectivity index (χ4v) is 5.60. The SMILES string of the molecule is CC(C)(C)OC(=O)ON1CCC(c2nc(CSc3ccc(S(C)(=O)=O)cc3)cs2)CC1. The van der Waals surface area contributed by atoms with Crippen molar-refractivity contribution in [3.8, 4) is 0 Å². The molecule has 0 spiro atoms. The van der Waals surface area contributed by atoms with Gasteiger partial charge in [-0.25, -0.2) is 18.2 Å². The minimum Gasteiger partial charge on any atom is -0.427 e. The number of carbonyl (C=O) groups excluding carboxylic acids is 1. The van der Waals surface area contributed by atoms with E-state index in [0.29, 0.717) is 23.9 Å². The number of benzene rings is 1. The summed E-state index contributed by atoms with van der Waals surface area (Å²) in [5.41, 5.74) is 0.449. The van der Waals surface area contributed by atoms with Gasteiger partial charge in [0.15, 0.2) is 9.84 Å². The van der Waals surface area contributed by atoms with Crippen LogP contribution in [0.3, 0.4) is 0 Å². The molecule has 170 valence electrons. The number of hydrogen-bond acceptors (Lipinski definition) is 9. The van der Waals surface area contributed by atoms with Gasteiger partial charge in [0.25, 0.3) is 0 Å². The monoisotopic (exact) mass is 484 g/mol. The largest absolute Gasteiger partial charge is 0.528 e. The van der Waals surface area contributed by atoms with Crippen LogP contribution >= 0.6 is 23.1 Å². The van der Waals surface area contributed by atoms with Crippen molar-refractivity contribution in [2.24, 2.45) is 0 Å². The Morgan fingerprint density at radius 2 is 1.87 bits per heavy atom. The Labute approximate surface area is 192 Å². The molecule has 10 heteroatoms. The summed E-state index contributed by atoms with van der Waals surface area (Å²) in [5, 5.41) is 4.85. The van der Waals surface area contributed by atoms with Gasteiger partial charge in [0.05, 0.1) is 15.6 Å². The highest BCUT2D eigenvalue weighted by Gasteiger charge is 2.27. The lowest BCUT2D eigenvalue weighted by atomic mass is 9.99. The Morgan fingerprint density at radius 3 is 2.45 bits per heavy atom. The summed E-state index contributed by atoms with van der Waals surface area (Å²) in [6, 6.07) is 6.93. The van der Waals surface area contributed by atoms with Crippen LogP contribution in [0.25, 0.3) is 0 Å². The van der Waals surface area contributed by atoms with Gasteiger partial charge in [-0.1, -0.05) is 0 Å². The summed E-state index contributed by atoms with van der Waals surface area (Å²) in [6.45, 7) is 6.73. The van der Waals surface area contributed by atoms with Gasteiger partial charge in [-0.3, -0.25) is 0 Å². The number of sulfone groups is 1. The van der Waals surface area contributed by atoms with Crippen molar-refractivity contribution in [1.29, 1.82) is 0 Å². The number of carbonyl (C=O) groups is 1. The first-order valence-corrected chi connectivity index (χ1v) is 13.8. The molecule has 0 unspecified atom stereocenters. The Bertz CT molecular complexity index is 989. The molecule has 1 aromatic heterocycles. The molecule has 2 aromatic rings. The molecule has 0 N–H and O–H groups in total. The molecule has 0 saturated carbocycles. The third-order valence-corrected chi connectivity index (χ3v) is 7.83. The summed E-state index contributed by atoms with van der Waals surface area (Å²) in [7, 11) is -3.17. The number of nitrogens with zero attached hydrogens (tertiary/aromatic N) is 2. The van der Waals surface area contributed by atoms with Crippen LogP contribution in [0.15, 0.2) is 39.4 Å². The minimum absolute atomic E-state index is 0.329. The first kappa shape index (κ1) is 24.0. The fourth-order valence-electron chi connectivity index (χ4n) is 3.08. The van der Waals surface area contributed by atoms with Crippen molar-refractivity contribution < 1.29 is 22.8 Å². The molecule has 0 atom stereocenters. The lowest BCUT2D eigenvalue weighted by molar-refractivity contribution is -0.152. The van der Waals surface area contributed by atoms with E-state index in [-0.39, 0.29) is 0 Å². The number of piperidine rings is 1. The molecule has 1 saturated heterocycles. The molecular formula is C21H28N2O5S3. The van der Waals surface area contributed by atoms with Gasteiger partial charge >= 0.3 is 6.16 Å². The van der Waals surface area contributed by atoms with Crippen molar-refractivity contribution in [1.82, 2.24) is 10.0 Å². The maximum absolute atomic E-state index is 11.8. The lowest BCUT2D eigenvalue weighted by Crippen LogP contribution is -2.37. The van der Waals surface area contributed by atoms with Crippen LogP contribution in [0, 0.1) is 0 Å². The number of aromatic nitrogens is 1. The zero-order valence-corrected chi connectivity index (χ0v) is 20.6. The second-order valence-electron chi connectivity index (χ2n) is 8.47. The van der Waals surface area contributed by atoms with E-state index in [0.717, 1.165) is 34.2 Å². The highest BCUT2D eigenvalue weighted by atomic mass is 32.2. The minimum atomic E-state index is -3.17. The lowest BCUT2D eigenvalue weighted by Gasteiger charge is -2.30. The van der Waals surface area contributed by atoms with Gasteiger partial charge in [0.2, 0.25) is 0 Å². The third-order valence-electron chi connectivity index (χ3n) is 4.60. The normalized spacial score (nSPS) is 16.3. The second kappa shape index (κ2) is 9.89. The van der Waals surface area contributed by atoms with Gasteiger partial charge < -0.3 is 9.57 Å². The van der Waals surface area contributed by atoms with Gasteiger partial charge in [-0.15, -0.1) is 28.2 Å². The standard InChI is InChI=1S/C21H28N2O5S3/c1-21(2,3)27-20(24)28-23-11-9-15(10-12-23)19-22-16(14-30-19)13-29-17-5-7-18(8-6-17)31(4,25)26/h5-8,14-15H,9-13H2,1-4H3. The van der Waals surface area contributed by atoms with Gasteiger partial charge in [0, 0.05) is 41.3 Å². The van der Waals surface area contributed by atoms with Gasteiger partial charge in [0.1, 0.15) is 5.60 Å². The van der Waals surface area contributed by atoms with Crippen LogP contribution in [-0.4, -0.2) is 49.6 Å². The van der Waals surface area contributed by atoms with Crippen LogP contribution in [0.2, 0.25) is 0 Å². The highest BCUT2D eigenvalue weighted by molar-refractivity contribution is 7.98. The fraction of sp³-hybridized carbons (Fsp3) is 0.524. The Hall–Kier alpha value is -1.62. The second-order valence-corrected chi connectivity index (χ2v) is 12.4. The number of ether oxygens (including phenoxy) is 1. The first-order chi connectivity index (χ1) is 14.5. The molecule has 1 aromatic carbocycles. The summed E-state index contributed by atoms with van der Waals surface area (Å²) in [5.74, 6) is 1.09. The van der Waals surface area contributed by atoms with E-state index >= 15 is 0 Å². The average Bonchev–Trinajstić information content (AvgIpc) is 3.14. The van der Waals surface area contributed by atoms with E-state index in [9.17, 15) is 13.2 Å². The van der Waals surface area contributed by atoms with Crippen molar-refractivity contribution in [3.05, 3.63) is 40.3 Å². The Morgan fingerprint density at radius 1 is 1.23 bits per heavy atom. The highest BCUT2D eigenvalue weighted by Crippen LogP contribution is 2.32. The molecule has 7 nitrogen and oxygen atoms in total. The van der Waals surface area contributed by atoms with E-state index in [2.05, 4.69) is 5.38 Å². The van der Waals surface area contributed by atoms with E-state index in [1.165, 1.54) is 6.26 Å². The van der Waals surface area contributed by atoms with Crippen molar-refractivity contribution in [2.75, 3.05) is 19.3 Å². The van der Waals surface area contributed by atoms with E-state index < -0.39 is 21.6 Å². The number of thiazole rings is 1. The summed E-state index contributed by atoms with van der Waals surface area (Å²) >= 11 is 3.30. The van der Waals surface area contributed by atoms with E-state index in [1.54, 1.807) is 40.3 Å². The molecule has 0 aliphatic carbocycles. The Kier molecular flexibility index (Phi) is 7.67. The number of hydrogen-bond donors (Lipinski definition) is 0. The first-order valence-electron chi connectivity index (χ1n) is 10.0. The number of rotatable bonds is 6. The molecular weight excluding hydrogens is 456 g/mol. The number of hydroxylamine groups is 2. The zero-order valence-electron chi connectivity index (χ0n) is 18.2. The predicted octanol–water partition coefficient (Wildman–Crippen LogP) is 4.89. The van der Waals surface area contributed by atoms with Crippen molar-refractivity contribution in [2.45, 2.75) is 60.7 Å². The molecule has 1 aliphatic heterocycles. The van der Waals surface area contributed by atoms with Crippen LogP contribution in [-0.2, 0) is 25.2 Å². The Balaban J connectivity index is 1.46. The zero-order chi connectivity index (χ0) is 22.6. The van der Waals surface area contributed by atoms with Gasteiger partial charge in [-0.2, -0.15) is 0 Å². The van der Waals surface area contributed by atoms with Crippen LogP contribution < -0.4 is 0 Å². The molecule has 0 radical (unpaired) electrons. The molecule has 1 aliphatic rings. The van der Waals surface area contributed by atoms with E-state index in [1.807, 2.05) is 32.9 Å². The van der Waals surface area contributed by atoms with E-state index in [4.69, 9.17) is 14.6 Å². The topological polar surface area (TPSA) is 85.8 Å². The molecule has 2 heterocycles. The maximum atomic E-state index is 11.8. The molecule has 0 amide bonds. The molecule has 1 fully saturated rings. The molecule has 0 bridgehead atoms. The number of thioether (sulfide) groups is 1. The predicted molar refractivity (Wildman–Crippen MR) is 122 cm³/mol. The smallest absolute Gasteiger partial charge is 0.427 e. The third kappa shape index (κ3) is 7.48. The average molecular weight is 485 g/mol. The summed E-state index contributed by atoms with van der Waals surface area (Å²) < 4.78 is 28.3. The maximum Gasteiger partial charge on any atom is 0.528 e. The van der Waals surface area contributed by atoms with Crippen LogP contribution in [0.5, 0.6) is 0 Å². The molecule has 31 heavy (non-hydrogen) atoms. The van der Waals surface area contributed by atoms with Crippen molar-refractivity contribution in [3.63, 3.8) is 0 Å². The summed E-state index contributed by atoms with van der Waals surface area (Å²) in [6.07, 6.45) is 2.29. The van der Waals surface area contributed by atoms with Crippen molar-refractivity contribution >= 4 is 39.1 Å². The van der Waals surface area contributed by atoms with Crippen LogP contribution in [0.4, 0.5) is 4.79 Å².